The maximum atomic E-state index is 14.0. The zero-order valence-corrected chi connectivity index (χ0v) is 21.2. The van der Waals surface area contributed by atoms with Crippen molar-refractivity contribution in [1.82, 2.24) is 0 Å². The number of aryl methyl sites for hydroxylation is 2. The first-order valence-electron chi connectivity index (χ1n) is 10.5. The minimum Gasteiger partial charge on any atom is -0.326 e. The second-order valence-electron chi connectivity index (χ2n) is 8.24. The van der Waals surface area contributed by atoms with Crippen LogP contribution < -0.4 is 14.9 Å². The lowest BCUT2D eigenvalue weighted by atomic mass is 10.1. The molecule has 1 heterocycles. The Hall–Kier alpha value is -3.21. The van der Waals surface area contributed by atoms with E-state index in [4.69, 9.17) is 23.2 Å². The van der Waals surface area contributed by atoms with E-state index in [1.165, 1.54) is 30.3 Å². The molecule has 12 heteroatoms. The molecule has 4 rings (SSSR count). The number of halogens is 4. The largest absolute Gasteiger partial charge is 0.326 e. The van der Waals surface area contributed by atoms with Gasteiger partial charge in [-0.05, 0) is 67.4 Å². The van der Waals surface area contributed by atoms with E-state index in [1.54, 1.807) is 13.8 Å². The molecule has 0 spiro atoms. The minimum absolute atomic E-state index is 0.0590. The molecular weight excluding hydrogens is 535 g/mol. The smallest absolute Gasteiger partial charge is 0.265 e. The molecule has 3 aromatic carbocycles. The molecule has 2 N–H and O–H groups in total. The average Bonchev–Trinajstić information content (AvgIpc) is 2.76. The van der Waals surface area contributed by atoms with Gasteiger partial charge in [-0.15, -0.1) is 0 Å². The summed E-state index contributed by atoms with van der Waals surface area (Å²) in [5.41, 5.74) is 0.884. The topological polar surface area (TPSA) is 95.6 Å². The summed E-state index contributed by atoms with van der Waals surface area (Å²) in [6, 6.07) is 8.06. The van der Waals surface area contributed by atoms with Gasteiger partial charge in [-0.25, -0.2) is 17.2 Å². The maximum Gasteiger partial charge on any atom is 0.265 e. The van der Waals surface area contributed by atoms with E-state index in [0.29, 0.717) is 22.2 Å². The monoisotopic (exact) mass is 553 g/mol. The van der Waals surface area contributed by atoms with E-state index in [9.17, 15) is 26.8 Å². The normalized spacial score (nSPS) is 15.3. The van der Waals surface area contributed by atoms with E-state index >= 15 is 0 Å². The highest BCUT2D eigenvalue weighted by Gasteiger charge is 2.42. The molecular formula is C24H19Cl2F2N3O4S. The van der Waals surface area contributed by atoms with Gasteiger partial charge in [0.05, 0.1) is 22.7 Å². The molecule has 1 aliphatic rings. The summed E-state index contributed by atoms with van der Waals surface area (Å²) in [5, 5.41) is 5.46. The summed E-state index contributed by atoms with van der Waals surface area (Å²) in [4.78, 5) is 25.8. The van der Waals surface area contributed by atoms with E-state index in [0.717, 1.165) is 16.4 Å². The Morgan fingerprint density at radius 2 is 1.69 bits per heavy atom. The van der Waals surface area contributed by atoms with Gasteiger partial charge in [0.1, 0.15) is 17.7 Å². The minimum atomic E-state index is -4.42. The lowest BCUT2D eigenvalue weighted by Crippen LogP contribution is -2.52. The third-order valence-electron chi connectivity index (χ3n) is 5.56. The molecule has 188 valence electrons. The van der Waals surface area contributed by atoms with Crippen LogP contribution in [0.25, 0.3) is 0 Å². The molecule has 1 unspecified atom stereocenters. The molecule has 0 saturated heterocycles. The fourth-order valence-corrected chi connectivity index (χ4v) is 6.21. The van der Waals surface area contributed by atoms with Crippen molar-refractivity contribution in [3.8, 4) is 0 Å². The van der Waals surface area contributed by atoms with Gasteiger partial charge in [0.15, 0.2) is 0 Å². The number of nitrogens with zero attached hydrogens (tertiary/aromatic N) is 1. The van der Waals surface area contributed by atoms with Gasteiger partial charge >= 0.3 is 0 Å². The molecule has 0 saturated carbocycles. The van der Waals surface area contributed by atoms with Crippen molar-refractivity contribution in [2.75, 3.05) is 14.9 Å². The fraction of sp³-hybridized carbons (Fsp3) is 0.167. The number of benzene rings is 3. The zero-order chi connectivity index (χ0) is 26.4. The molecule has 0 radical (unpaired) electrons. The molecule has 1 atom stereocenters. The highest BCUT2D eigenvalue weighted by molar-refractivity contribution is 7.93. The number of rotatable bonds is 5. The van der Waals surface area contributed by atoms with Gasteiger partial charge in [-0.2, -0.15) is 0 Å². The van der Waals surface area contributed by atoms with Crippen LogP contribution in [0.1, 0.15) is 17.5 Å². The van der Waals surface area contributed by atoms with Gasteiger partial charge in [-0.3, -0.25) is 13.9 Å². The lowest BCUT2D eigenvalue weighted by molar-refractivity contribution is -0.122. The van der Waals surface area contributed by atoms with Crippen molar-refractivity contribution in [2.24, 2.45) is 0 Å². The van der Waals surface area contributed by atoms with Gasteiger partial charge in [0, 0.05) is 21.8 Å². The molecule has 36 heavy (non-hydrogen) atoms. The van der Waals surface area contributed by atoms with Crippen molar-refractivity contribution >= 4 is 62.1 Å². The number of anilines is 3. The number of carbonyl (C=O) groups is 2. The highest BCUT2D eigenvalue weighted by Crippen LogP contribution is 2.40. The van der Waals surface area contributed by atoms with Crippen LogP contribution in [0.4, 0.5) is 25.8 Å². The molecule has 0 aliphatic carbocycles. The Balaban J connectivity index is 1.79. The van der Waals surface area contributed by atoms with Gasteiger partial charge < -0.3 is 10.6 Å². The first-order chi connectivity index (χ1) is 16.9. The Kier molecular flexibility index (Phi) is 6.96. The molecule has 3 aromatic rings. The number of fused-ring (bicyclic) bond motifs is 1. The summed E-state index contributed by atoms with van der Waals surface area (Å²) in [7, 11) is -4.42. The van der Waals surface area contributed by atoms with Gasteiger partial charge in [0.25, 0.3) is 10.0 Å². The SMILES string of the molecule is Cc1cc(S(=O)(=O)N2c3cc(Cl)ccc3NC(=O)C2CC(=O)Nc2cc(F)cc(F)c2)c(C)cc1Cl. The molecule has 0 bridgehead atoms. The number of hydrogen-bond acceptors (Lipinski definition) is 4. The molecule has 2 amide bonds. The summed E-state index contributed by atoms with van der Waals surface area (Å²) < 4.78 is 55.8. The Bertz CT molecular complexity index is 1500. The standard InChI is InChI=1S/C24H19Cl2F2N3O4S/c1-12-6-22(13(2)5-18(12)26)36(34,35)31-20-7-14(25)3-4-19(20)30-24(33)21(31)11-23(32)29-17-9-15(27)8-16(28)10-17/h3-10,21H,11H2,1-2H3,(H,29,32)(H,30,33). The van der Waals surface area contributed by atoms with Crippen LogP contribution >= 0.6 is 23.2 Å². The predicted octanol–water partition coefficient (Wildman–Crippen LogP) is 5.43. The maximum absolute atomic E-state index is 14.0. The van der Waals surface area contributed by atoms with Crippen LogP contribution in [0, 0.1) is 25.5 Å². The van der Waals surface area contributed by atoms with Crippen molar-refractivity contribution in [3.05, 3.63) is 81.3 Å². The lowest BCUT2D eigenvalue weighted by Gasteiger charge is -2.37. The Labute approximate surface area is 216 Å². The third-order valence-corrected chi connectivity index (χ3v) is 8.17. The molecule has 0 fully saturated rings. The Morgan fingerprint density at radius 3 is 2.36 bits per heavy atom. The van der Waals surface area contributed by atoms with E-state index in [-0.39, 0.29) is 27.0 Å². The molecule has 1 aliphatic heterocycles. The van der Waals surface area contributed by atoms with Crippen LogP contribution in [0.5, 0.6) is 0 Å². The average molecular weight is 554 g/mol. The van der Waals surface area contributed by atoms with E-state index in [1.807, 2.05) is 0 Å². The highest BCUT2D eigenvalue weighted by atomic mass is 35.5. The van der Waals surface area contributed by atoms with Crippen molar-refractivity contribution in [3.63, 3.8) is 0 Å². The molecule has 0 aromatic heterocycles. The summed E-state index contributed by atoms with van der Waals surface area (Å²) in [5.74, 6) is -3.43. The van der Waals surface area contributed by atoms with Crippen LogP contribution in [-0.2, 0) is 19.6 Å². The van der Waals surface area contributed by atoms with Crippen LogP contribution in [-0.4, -0.2) is 26.3 Å². The van der Waals surface area contributed by atoms with Crippen LogP contribution in [0.2, 0.25) is 10.0 Å². The van der Waals surface area contributed by atoms with E-state index in [2.05, 4.69) is 10.6 Å². The fourth-order valence-electron chi connectivity index (χ4n) is 3.91. The third kappa shape index (κ3) is 5.02. The number of amides is 2. The number of carbonyl (C=O) groups excluding carboxylic acids is 2. The summed E-state index contributed by atoms with van der Waals surface area (Å²) >= 11 is 12.3. The summed E-state index contributed by atoms with van der Waals surface area (Å²) in [6.07, 6.45) is -0.652. The first kappa shape index (κ1) is 25.9. The van der Waals surface area contributed by atoms with Crippen molar-refractivity contribution in [1.29, 1.82) is 0 Å². The first-order valence-corrected chi connectivity index (χ1v) is 12.7. The quantitative estimate of drug-likeness (QED) is 0.440. The van der Waals surface area contributed by atoms with Gasteiger partial charge in [-0.1, -0.05) is 23.2 Å². The van der Waals surface area contributed by atoms with Crippen LogP contribution in [0.15, 0.2) is 53.4 Å². The second-order valence-corrected chi connectivity index (χ2v) is 10.9. The van der Waals surface area contributed by atoms with Gasteiger partial charge in [0.2, 0.25) is 11.8 Å². The number of nitrogens with one attached hydrogen (secondary N) is 2. The predicted molar refractivity (Wildman–Crippen MR) is 134 cm³/mol. The zero-order valence-electron chi connectivity index (χ0n) is 18.9. The van der Waals surface area contributed by atoms with Crippen molar-refractivity contribution in [2.45, 2.75) is 31.2 Å². The second kappa shape index (κ2) is 9.68. The number of sulfonamides is 1. The van der Waals surface area contributed by atoms with Crippen LogP contribution in [0.3, 0.4) is 0 Å². The number of hydrogen-bond donors (Lipinski definition) is 2. The molecule has 7 nitrogen and oxygen atoms in total. The van der Waals surface area contributed by atoms with Crippen molar-refractivity contribution < 1.29 is 26.8 Å². The van der Waals surface area contributed by atoms with E-state index < -0.39 is 45.9 Å². The summed E-state index contributed by atoms with van der Waals surface area (Å²) in [6.45, 7) is 3.19. The Morgan fingerprint density at radius 1 is 1.03 bits per heavy atom.